The molecule has 0 saturated carbocycles. The highest BCUT2D eigenvalue weighted by molar-refractivity contribution is 4.88. The molecule has 0 radical (unpaired) electrons. The third kappa shape index (κ3) is 2.12. The Bertz CT molecular complexity index is 183. The summed E-state index contributed by atoms with van der Waals surface area (Å²) < 4.78 is 5.83. The highest BCUT2D eigenvalue weighted by Gasteiger charge is 2.34. The molecular formula is C11H19NO. The Morgan fingerprint density at radius 1 is 1.38 bits per heavy atom. The van der Waals surface area contributed by atoms with Crippen molar-refractivity contribution >= 4 is 0 Å². The Kier molecular flexibility index (Phi) is 3.01. The summed E-state index contributed by atoms with van der Waals surface area (Å²) in [4.78, 5) is 2.53. The minimum absolute atomic E-state index is 0.513. The highest BCUT2D eigenvalue weighted by atomic mass is 16.5. The molecule has 3 fully saturated rings. The molecule has 0 amide bonds. The van der Waals surface area contributed by atoms with Gasteiger partial charge in [-0.15, -0.1) is 0 Å². The second-order valence-electron chi connectivity index (χ2n) is 4.08. The first-order valence-electron chi connectivity index (χ1n) is 5.35. The van der Waals surface area contributed by atoms with E-state index in [2.05, 4.69) is 17.1 Å². The molecule has 1 atom stereocenters. The van der Waals surface area contributed by atoms with Crippen LogP contribution in [0.3, 0.4) is 0 Å². The first-order valence-corrected chi connectivity index (χ1v) is 5.35. The summed E-state index contributed by atoms with van der Waals surface area (Å²) in [5, 5.41) is 0. The van der Waals surface area contributed by atoms with Crippen molar-refractivity contribution in [1.29, 1.82) is 0 Å². The van der Waals surface area contributed by atoms with Gasteiger partial charge in [0.15, 0.2) is 0 Å². The number of hydrogen-bond donors (Lipinski definition) is 0. The topological polar surface area (TPSA) is 12.5 Å². The molecule has 2 heteroatoms. The van der Waals surface area contributed by atoms with Crippen LogP contribution in [0.4, 0.5) is 0 Å². The molecule has 74 valence electrons. The molecule has 2 nitrogen and oxygen atoms in total. The van der Waals surface area contributed by atoms with Gasteiger partial charge < -0.3 is 9.64 Å². The Morgan fingerprint density at radius 3 is 2.69 bits per heavy atom. The molecular weight excluding hydrogens is 162 g/mol. The van der Waals surface area contributed by atoms with Crippen molar-refractivity contribution in [2.75, 3.05) is 26.2 Å². The van der Waals surface area contributed by atoms with E-state index in [0.717, 1.165) is 12.5 Å². The fourth-order valence-corrected chi connectivity index (χ4v) is 2.38. The third-order valence-corrected chi connectivity index (χ3v) is 3.24. The molecule has 1 unspecified atom stereocenters. The van der Waals surface area contributed by atoms with Crippen LogP contribution in [0, 0.1) is 5.92 Å². The summed E-state index contributed by atoms with van der Waals surface area (Å²) >= 11 is 0. The zero-order valence-corrected chi connectivity index (χ0v) is 8.41. The SMILES string of the molecule is CC=CCOC1CN2CCC1CC2. The molecule has 3 aliphatic heterocycles. The number of rotatable bonds is 3. The van der Waals surface area contributed by atoms with Gasteiger partial charge in [-0.2, -0.15) is 0 Å². The summed E-state index contributed by atoms with van der Waals surface area (Å²) in [7, 11) is 0. The van der Waals surface area contributed by atoms with Gasteiger partial charge in [0.2, 0.25) is 0 Å². The first kappa shape index (κ1) is 9.22. The molecule has 0 aromatic heterocycles. The van der Waals surface area contributed by atoms with Gasteiger partial charge in [-0.05, 0) is 38.8 Å². The average Bonchev–Trinajstić information content (AvgIpc) is 2.20. The fourth-order valence-electron chi connectivity index (χ4n) is 2.38. The van der Waals surface area contributed by atoms with Crippen LogP contribution in [-0.2, 0) is 4.74 Å². The zero-order valence-electron chi connectivity index (χ0n) is 8.41. The zero-order chi connectivity index (χ0) is 9.10. The van der Waals surface area contributed by atoms with Crippen molar-refractivity contribution in [3.63, 3.8) is 0 Å². The van der Waals surface area contributed by atoms with Crippen LogP contribution < -0.4 is 0 Å². The van der Waals surface area contributed by atoms with E-state index in [0.29, 0.717) is 6.10 Å². The van der Waals surface area contributed by atoms with E-state index in [9.17, 15) is 0 Å². The lowest BCUT2D eigenvalue weighted by atomic mass is 9.86. The lowest BCUT2D eigenvalue weighted by Crippen LogP contribution is -2.51. The van der Waals surface area contributed by atoms with Crippen molar-refractivity contribution in [2.24, 2.45) is 5.92 Å². The number of ether oxygens (including phenoxy) is 1. The van der Waals surface area contributed by atoms with Gasteiger partial charge in [-0.1, -0.05) is 12.2 Å². The summed E-state index contributed by atoms with van der Waals surface area (Å²) in [6.45, 7) is 6.61. The summed E-state index contributed by atoms with van der Waals surface area (Å²) in [5.41, 5.74) is 0. The predicted octanol–water partition coefficient (Wildman–Crippen LogP) is 1.67. The maximum absolute atomic E-state index is 5.83. The van der Waals surface area contributed by atoms with E-state index >= 15 is 0 Å². The molecule has 2 bridgehead atoms. The van der Waals surface area contributed by atoms with Gasteiger partial charge in [0, 0.05) is 6.54 Å². The number of fused-ring (bicyclic) bond motifs is 3. The van der Waals surface area contributed by atoms with Crippen LogP contribution in [0.25, 0.3) is 0 Å². The summed E-state index contributed by atoms with van der Waals surface area (Å²) in [6, 6.07) is 0. The van der Waals surface area contributed by atoms with Gasteiger partial charge in [-0.25, -0.2) is 0 Å². The minimum atomic E-state index is 0.513. The maximum Gasteiger partial charge on any atom is 0.0735 e. The van der Waals surface area contributed by atoms with Crippen LogP contribution in [0.2, 0.25) is 0 Å². The fraction of sp³-hybridized carbons (Fsp3) is 0.818. The van der Waals surface area contributed by atoms with E-state index in [1.165, 1.54) is 32.5 Å². The Hall–Kier alpha value is -0.340. The van der Waals surface area contributed by atoms with Crippen LogP contribution in [0.15, 0.2) is 12.2 Å². The monoisotopic (exact) mass is 181 g/mol. The molecule has 0 spiro atoms. The average molecular weight is 181 g/mol. The quantitative estimate of drug-likeness (QED) is 0.614. The second-order valence-corrected chi connectivity index (χ2v) is 4.08. The molecule has 3 heterocycles. The van der Waals surface area contributed by atoms with Crippen molar-refractivity contribution in [2.45, 2.75) is 25.9 Å². The molecule has 13 heavy (non-hydrogen) atoms. The Morgan fingerprint density at radius 2 is 2.15 bits per heavy atom. The first-order chi connectivity index (χ1) is 6.40. The van der Waals surface area contributed by atoms with Crippen LogP contribution in [-0.4, -0.2) is 37.2 Å². The maximum atomic E-state index is 5.83. The number of piperidine rings is 3. The van der Waals surface area contributed by atoms with E-state index in [1.54, 1.807) is 0 Å². The molecule has 3 rings (SSSR count). The number of hydrogen-bond acceptors (Lipinski definition) is 2. The van der Waals surface area contributed by atoms with Crippen LogP contribution >= 0.6 is 0 Å². The van der Waals surface area contributed by atoms with Gasteiger partial charge in [0.25, 0.3) is 0 Å². The Labute approximate surface area is 80.6 Å². The molecule has 0 aliphatic carbocycles. The van der Waals surface area contributed by atoms with E-state index in [-0.39, 0.29) is 0 Å². The summed E-state index contributed by atoms with van der Waals surface area (Å²) in [6.07, 6.45) is 7.36. The molecule has 0 N–H and O–H groups in total. The standard InChI is InChI=1S/C11H19NO/c1-2-3-8-13-11-9-12-6-4-10(11)5-7-12/h2-3,10-11H,4-9H2,1H3. The molecule has 3 saturated heterocycles. The van der Waals surface area contributed by atoms with Crippen molar-refractivity contribution in [3.05, 3.63) is 12.2 Å². The van der Waals surface area contributed by atoms with Crippen molar-refractivity contribution in [3.8, 4) is 0 Å². The summed E-state index contributed by atoms with van der Waals surface area (Å²) in [5.74, 6) is 0.843. The van der Waals surface area contributed by atoms with Crippen LogP contribution in [0.1, 0.15) is 19.8 Å². The van der Waals surface area contributed by atoms with Gasteiger partial charge in [0.1, 0.15) is 0 Å². The largest absolute Gasteiger partial charge is 0.373 e. The van der Waals surface area contributed by atoms with Crippen molar-refractivity contribution < 1.29 is 4.74 Å². The van der Waals surface area contributed by atoms with E-state index < -0.39 is 0 Å². The number of allylic oxidation sites excluding steroid dienone is 1. The highest BCUT2D eigenvalue weighted by Crippen LogP contribution is 2.29. The Balaban J connectivity index is 1.80. The van der Waals surface area contributed by atoms with Crippen LogP contribution in [0.5, 0.6) is 0 Å². The number of nitrogens with zero attached hydrogens (tertiary/aromatic N) is 1. The minimum Gasteiger partial charge on any atom is -0.373 e. The van der Waals surface area contributed by atoms with Gasteiger partial charge in [-0.3, -0.25) is 0 Å². The molecule has 0 aromatic rings. The van der Waals surface area contributed by atoms with Gasteiger partial charge in [0.05, 0.1) is 12.7 Å². The van der Waals surface area contributed by atoms with Crippen molar-refractivity contribution in [1.82, 2.24) is 4.90 Å². The van der Waals surface area contributed by atoms with E-state index in [4.69, 9.17) is 4.74 Å². The second kappa shape index (κ2) is 4.25. The molecule has 3 aliphatic rings. The predicted molar refractivity (Wildman–Crippen MR) is 53.7 cm³/mol. The third-order valence-electron chi connectivity index (χ3n) is 3.24. The lowest BCUT2D eigenvalue weighted by Gasteiger charge is -2.44. The van der Waals surface area contributed by atoms with Gasteiger partial charge >= 0.3 is 0 Å². The van der Waals surface area contributed by atoms with E-state index in [1.807, 2.05) is 6.92 Å². The molecule has 0 aromatic carbocycles. The lowest BCUT2D eigenvalue weighted by molar-refractivity contribution is -0.0603. The smallest absolute Gasteiger partial charge is 0.0735 e. The normalized spacial score (nSPS) is 38.7.